The zero-order chi connectivity index (χ0) is 22.1. The van der Waals surface area contributed by atoms with E-state index in [1.807, 2.05) is 30.3 Å². The molecule has 1 heterocycles. The quantitative estimate of drug-likeness (QED) is 0.702. The zero-order valence-corrected chi connectivity index (χ0v) is 18.5. The number of benzene rings is 1. The summed E-state index contributed by atoms with van der Waals surface area (Å²) >= 11 is 0. The maximum Gasteiger partial charge on any atom is 0.409 e. The van der Waals surface area contributed by atoms with Crippen LogP contribution in [0.4, 0.5) is 9.59 Å². The first kappa shape index (κ1) is 24.0. The van der Waals surface area contributed by atoms with Crippen LogP contribution in [0.3, 0.4) is 0 Å². The summed E-state index contributed by atoms with van der Waals surface area (Å²) in [6.45, 7) is 10.3. The number of amides is 2. The van der Waals surface area contributed by atoms with Crippen molar-refractivity contribution in [1.82, 2.24) is 15.1 Å². The Bertz CT molecular complexity index is 669. The Hall–Kier alpha value is -2.32. The number of hydrogen-bond acceptors (Lipinski definition) is 6. The number of aliphatic hydroxyl groups is 1. The van der Waals surface area contributed by atoms with E-state index in [0.29, 0.717) is 45.8 Å². The lowest BCUT2D eigenvalue weighted by molar-refractivity contribution is 0.0287. The van der Waals surface area contributed by atoms with E-state index in [1.165, 1.54) is 0 Å². The van der Waals surface area contributed by atoms with Crippen molar-refractivity contribution in [2.75, 3.05) is 39.3 Å². The number of β-amino-alcohol motifs (C(OH)–C–C–N with tert-alkyl or cyclic N) is 1. The highest BCUT2D eigenvalue weighted by molar-refractivity contribution is 5.68. The number of hydrogen-bond donors (Lipinski definition) is 2. The fourth-order valence-electron chi connectivity index (χ4n) is 3.33. The third-order valence-corrected chi connectivity index (χ3v) is 4.81. The molecule has 30 heavy (non-hydrogen) atoms. The summed E-state index contributed by atoms with van der Waals surface area (Å²) < 4.78 is 10.4. The van der Waals surface area contributed by atoms with Gasteiger partial charge in [0.05, 0.1) is 18.8 Å². The molecule has 2 rings (SSSR count). The average molecular weight is 422 g/mol. The van der Waals surface area contributed by atoms with Crippen molar-refractivity contribution < 1.29 is 24.2 Å². The number of nitrogens with one attached hydrogen (secondary N) is 1. The standard InChI is InChI=1S/C22H35N3O5/c1-5-29-21(28)25-13-11-24(12-14-25)16-19(26)18(15-17-9-7-6-8-10-17)23-20(27)30-22(2,3)4/h6-10,18-19,26H,5,11-16H2,1-4H3,(H,23,27)/t18-,19-/m0/s1. The second-order valence-corrected chi connectivity index (χ2v) is 8.50. The Morgan fingerprint density at radius 3 is 2.33 bits per heavy atom. The van der Waals surface area contributed by atoms with E-state index in [0.717, 1.165) is 5.56 Å². The lowest BCUT2D eigenvalue weighted by Gasteiger charge is -2.36. The first-order valence-electron chi connectivity index (χ1n) is 10.5. The Balaban J connectivity index is 1.95. The normalized spacial score (nSPS) is 17.2. The number of ether oxygens (including phenoxy) is 2. The van der Waals surface area contributed by atoms with Crippen LogP contribution in [0, 0.1) is 0 Å². The van der Waals surface area contributed by atoms with Gasteiger partial charge in [-0.2, -0.15) is 0 Å². The van der Waals surface area contributed by atoms with Gasteiger partial charge in [-0.3, -0.25) is 4.90 Å². The van der Waals surface area contributed by atoms with Gasteiger partial charge in [-0.05, 0) is 39.7 Å². The first-order valence-corrected chi connectivity index (χ1v) is 10.5. The van der Waals surface area contributed by atoms with Crippen molar-refractivity contribution in [2.24, 2.45) is 0 Å². The number of aliphatic hydroxyl groups excluding tert-OH is 1. The van der Waals surface area contributed by atoms with Crippen molar-refractivity contribution in [2.45, 2.75) is 51.9 Å². The Morgan fingerprint density at radius 2 is 1.77 bits per heavy atom. The molecule has 1 aromatic carbocycles. The lowest BCUT2D eigenvalue weighted by Crippen LogP contribution is -2.54. The van der Waals surface area contributed by atoms with E-state index < -0.39 is 23.8 Å². The molecular formula is C22H35N3O5. The fourth-order valence-corrected chi connectivity index (χ4v) is 3.33. The fraction of sp³-hybridized carbons (Fsp3) is 0.636. The van der Waals surface area contributed by atoms with Gasteiger partial charge in [0.1, 0.15) is 5.60 Å². The van der Waals surface area contributed by atoms with Crippen LogP contribution in [0.15, 0.2) is 30.3 Å². The Kier molecular flexibility index (Phi) is 8.92. The van der Waals surface area contributed by atoms with Crippen LogP contribution in [-0.2, 0) is 15.9 Å². The molecule has 8 nitrogen and oxygen atoms in total. The van der Waals surface area contributed by atoms with Gasteiger partial charge in [0, 0.05) is 32.7 Å². The molecule has 0 unspecified atom stereocenters. The van der Waals surface area contributed by atoms with Crippen LogP contribution in [0.5, 0.6) is 0 Å². The van der Waals surface area contributed by atoms with Crippen LogP contribution in [-0.4, -0.2) is 84.2 Å². The molecule has 1 aliphatic rings. The predicted octanol–water partition coefficient (Wildman–Crippen LogP) is 2.26. The third kappa shape index (κ3) is 8.20. The Morgan fingerprint density at radius 1 is 1.13 bits per heavy atom. The van der Waals surface area contributed by atoms with E-state index in [1.54, 1.807) is 32.6 Å². The summed E-state index contributed by atoms with van der Waals surface area (Å²) in [7, 11) is 0. The number of nitrogens with zero attached hydrogens (tertiary/aromatic N) is 2. The number of rotatable bonds is 7. The smallest absolute Gasteiger partial charge is 0.409 e. The molecule has 0 aliphatic carbocycles. The lowest BCUT2D eigenvalue weighted by atomic mass is 10.0. The van der Waals surface area contributed by atoms with Gasteiger partial charge in [0.15, 0.2) is 0 Å². The second kappa shape index (κ2) is 11.2. The van der Waals surface area contributed by atoms with Crippen molar-refractivity contribution >= 4 is 12.2 Å². The molecule has 0 spiro atoms. The Labute approximate surface area is 179 Å². The third-order valence-electron chi connectivity index (χ3n) is 4.81. The predicted molar refractivity (Wildman–Crippen MR) is 114 cm³/mol. The van der Waals surface area contributed by atoms with Crippen molar-refractivity contribution in [3.05, 3.63) is 35.9 Å². The molecular weight excluding hydrogens is 386 g/mol. The largest absolute Gasteiger partial charge is 0.450 e. The van der Waals surface area contributed by atoms with E-state index in [2.05, 4.69) is 10.2 Å². The van der Waals surface area contributed by atoms with Crippen LogP contribution in [0.1, 0.15) is 33.3 Å². The molecule has 1 aromatic rings. The van der Waals surface area contributed by atoms with Crippen LogP contribution in [0.25, 0.3) is 0 Å². The number of carbonyl (C=O) groups excluding carboxylic acids is 2. The van der Waals surface area contributed by atoms with Crippen LogP contribution in [0.2, 0.25) is 0 Å². The highest BCUT2D eigenvalue weighted by Crippen LogP contribution is 2.12. The van der Waals surface area contributed by atoms with E-state index >= 15 is 0 Å². The molecule has 1 saturated heterocycles. The van der Waals surface area contributed by atoms with Gasteiger partial charge in [-0.15, -0.1) is 0 Å². The molecule has 2 N–H and O–H groups in total. The van der Waals surface area contributed by atoms with E-state index in [9.17, 15) is 14.7 Å². The topological polar surface area (TPSA) is 91.3 Å². The SMILES string of the molecule is CCOC(=O)N1CCN(C[C@H](O)[C@H](Cc2ccccc2)NC(=O)OC(C)(C)C)CC1. The van der Waals surface area contributed by atoms with Gasteiger partial charge in [0.25, 0.3) is 0 Å². The maximum atomic E-state index is 12.3. The number of carbonyl (C=O) groups is 2. The van der Waals surface area contributed by atoms with Gasteiger partial charge >= 0.3 is 12.2 Å². The van der Waals surface area contributed by atoms with Crippen LogP contribution < -0.4 is 5.32 Å². The average Bonchev–Trinajstić information content (AvgIpc) is 2.67. The summed E-state index contributed by atoms with van der Waals surface area (Å²) in [5.74, 6) is 0. The molecule has 1 aliphatic heterocycles. The summed E-state index contributed by atoms with van der Waals surface area (Å²) in [5, 5.41) is 13.7. The molecule has 0 saturated carbocycles. The summed E-state index contributed by atoms with van der Waals surface area (Å²) in [5.41, 5.74) is 0.403. The van der Waals surface area contributed by atoms with Crippen molar-refractivity contribution in [1.29, 1.82) is 0 Å². The van der Waals surface area contributed by atoms with Gasteiger partial charge in [0.2, 0.25) is 0 Å². The number of alkyl carbamates (subject to hydrolysis) is 1. The number of piperazine rings is 1. The monoisotopic (exact) mass is 421 g/mol. The van der Waals surface area contributed by atoms with E-state index in [4.69, 9.17) is 9.47 Å². The highest BCUT2D eigenvalue weighted by Gasteiger charge is 2.29. The van der Waals surface area contributed by atoms with Crippen molar-refractivity contribution in [3.63, 3.8) is 0 Å². The van der Waals surface area contributed by atoms with Gasteiger partial charge < -0.3 is 24.8 Å². The molecule has 0 aromatic heterocycles. The second-order valence-electron chi connectivity index (χ2n) is 8.50. The molecule has 0 radical (unpaired) electrons. The minimum atomic E-state index is -0.785. The van der Waals surface area contributed by atoms with Crippen molar-refractivity contribution in [3.8, 4) is 0 Å². The zero-order valence-electron chi connectivity index (χ0n) is 18.5. The molecule has 2 atom stereocenters. The highest BCUT2D eigenvalue weighted by atomic mass is 16.6. The summed E-state index contributed by atoms with van der Waals surface area (Å²) in [6.07, 6.45) is -1.14. The minimum absolute atomic E-state index is 0.300. The molecule has 2 amide bonds. The van der Waals surface area contributed by atoms with Crippen LogP contribution >= 0.6 is 0 Å². The minimum Gasteiger partial charge on any atom is -0.450 e. The molecule has 1 fully saturated rings. The van der Waals surface area contributed by atoms with Gasteiger partial charge in [-0.25, -0.2) is 9.59 Å². The molecule has 168 valence electrons. The summed E-state index contributed by atoms with van der Waals surface area (Å²) in [6, 6.07) is 9.23. The van der Waals surface area contributed by atoms with E-state index in [-0.39, 0.29) is 6.09 Å². The molecule has 0 bridgehead atoms. The maximum absolute atomic E-state index is 12.3. The molecule has 8 heteroatoms. The first-order chi connectivity index (χ1) is 14.2. The van der Waals surface area contributed by atoms with Gasteiger partial charge in [-0.1, -0.05) is 30.3 Å². The summed E-state index contributed by atoms with van der Waals surface area (Å²) in [4.78, 5) is 27.9.